The van der Waals surface area contributed by atoms with Crippen molar-refractivity contribution in [3.63, 3.8) is 0 Å². The van der Waals surface area contributed by atoms with Gasteiger partial charge in [-0.1, -0.05) is 30.9 Å². The maximum absolute atomic E-state index is 12.0. The third kappa shape index (κ3) is 4.98. The van der Waals surface area contributed by atoms with Gasteiger partial charge in [0.1, 0.15) is 5.75 Å². The van der Waals surface area contributed by atoms with Crippen molar-refractivity contribution in [2.75, 3.05) is 17.7 Å². The van der Waals surface area contributed by atoms with Gasteiger partial charge in [0.25, 0.3) is 0 Å². The summed E-state index contributed by atoms with van der Waals surface area (Å²) in [6.07, 6.45) is 5.65. The number of aromatic nitrogens is 2. The number of nitrogens with zero attached hydrogens (tertiary/aromatic N) is 2. The fourth-order valence-electron chi connectivity index (χ4n) is 2.94. The van der Waals surface area contributed by atoms with Crippen LogP contribution in [0.2, 0.25) is 5.02 Å². The molecule has 8 heteroatoms. The molecule has 1 fully saturated rings. The molecule has 0 aliphatic heterocycles. The van der Waals surface area contributed by atoms with E-state index >= 15 is 0 Å². The van der Waals surface area contributed by atoms with Gasteiger partial charge in [-0.25, -0.2) is 4.79 Å². The number of hydrogen-bond donors (Lipinski definition) is 3. The van der Waals surface area contributed by atoms with Crippen molar-refractivity contribution in [3.05, 3.63) is 35.4 Å². The first-order chi connectivity index (χ1) is 12.6. The van der Waals surface area contributed by atoms with E-state index in [0.717, 1.165) is 18.5 Å². The highest BCUT2D eigenvalue weighted by molar-refractivity contribution is 6.32. The van der Waals surface area contributed by atoms with Crippen LogP contribution in [-0.4, -0.2) is 29.4 Å². The third-order valence-electron chi connectivity index (χ3n) is 4.27. The standard InChI is InChI=1S/C18H22ClN5O2/c1-26-15-8-7-13(11-14(15)19)20-16-9-10-17(24-23-16)22-18(25)21-12-5-3-2-4-6-12/h7-12H,2-6H2,1H3,(H,20,23)(H2,21,22,24,25). The average Bonchev–Trinajstić information content (AvgIpc) is 2.64. The number of hydrogen-bond acceptors (Lipinski definition) is 5. The first kappa shape index (κ1) is 18.3. The molecule has 1 aromatic carbocycles. The summed E-state index contributed by atoms with van der Waals surface area (Å²) in [6, 6.07) is 8.78. The molecule has 3 rings (SSSR count). The Morgan fingerprint density at radius 1 is 1.12 bits per heavy atom. The smallest absolute Gasteiger partial charge is 0.320 e. The minimum atomic E-state index is -0.242. The molecule has 2 amide bonds. The van der Waals surface area contributed by atoms with Crippen LogP contribution < -0.4 is 20.7 Å². The molecule has 3 N–H and O–H groups in total. The molecular weight excluding hydrogens is 354 g/mol. The number of benzene rings is 1. The van der Waals surface area contributed by atoms with Gasteiger partial charge in [-0.2, -0.15) is 0 Å². The molecule has 138 valence electrons. The number of urea groups is 1. The Labute approximate surface area is 157 Å². The van der Waals surface area contributed by atoms with Crippen molar-refractivity contribution in [2.24, 2.45) is 0 Å². The van der Waals surface area contributed by atoms with Gasteiger partial charge >= 0.3 is 6.03 Å². The molecule has 26 heavy (non-hydrogen) atoms. The zero-order valence-electron chi connectivity index (χ0n) is 14.6. The van der Waals surface area contributed by atoms with E-state index in [1.54, 1.807) is 31.4 Å². The normalized spacial score (nSPS) is 14.5. The number of carbonyl (C=O) groups excluding carboxylic acids is 1. The van der Waals surface area contributed by atoms with E-state index in [0.29, 0.717) is 22.4 Å². The lowest BCUT2D eigenvalue weighted by Crippen LogP contribution is -2.39. The zero-order valence-corrected chi connectivity index (χ0v) is 15.3. The van der Waals surface area contributed by atoms with Crippen LogP contribution in [0.15, 0.2) is 30.3 Å². The number of rotatable bonds is 5. The lowest BCUT2D eigenvalue weighted by atomic mass is 9.96. The van der Waals surface area contributed by atoms with Gasteiger partial charge in [0, 0.05) is 11.7 Å². The first-order valence-corrected chi connectivity index (χ1v) is 9.03. The van der Waals surface area contributed by atoms with E-state index in [1.165, 1.54) is 19.3 Å². The Hall–Kier alpha value is -2.54. The second kappa shape index (κ2) is 8.71. The van der Waals surface area contributed by atoms with Gasteiger partial charge in [0.2, 0.25) is 0 Å². The van der Waals surface area contributed by atoms with Crippen LogP contribution >= 0.6 is 11.6 Å². The summed E-state index contributed by atoms with van der Waals surface area (Å²) < 4.78 is 5.12. The van der Waals surface area contributed by atoms with Crippen LogP contribution in [-0.2, 0) is 0 Å². The summed E-state index contributed by atoms with van der Waals surface area (Å²) in [5.74, 6) is 1.55. The highest BCUT2D eigenvalue weighted by Gasteiger charge is 2.15. The number of methoxy groups -OCH3 is 1. The van der Waals surface area contributed by atoms with Crippen LogP contribution in [0.4, 0.5) is 22.1 Å². The quantitative estimate of drug-likeness (QED) is 0.723. The summed E-state index contributed by atoms with van der Waals surface area (Å²) in [5.41, 5.74) is 0.765. The molecule has 0 bridgehead atoms. The second-order valence-corrected chi connectivity index (χ2v) is 6.62. The predicted octanol–water partition coefficient (Wildman–Crippen LogP) is 4.34. The molecule has 1 heterocycles. The van der Waals surface area contributed by atoms with Crippen LogP contribution in [0.3, 0.4) is 0 Å². The Morgan fingerprint density at radius 2 is 1.85 bits per heavy atom. The molecule has 2 aromatic rings. The molecule has 0 unspecified atom stereocenters. The molecule has 1 saturated carbocycles. The molecule has 7 nitrogen and oxygen atoms in total. The molecule has 0 atom stereocenters. The van der Waals surface area contributed by atoms with E-state index in [9.17, 15) is 4.79 Å². The number of amides is 2. The SMILES string of the molecule is COc1ccc(Nc2ccc(NC(=O)NC3CCCCC3)nn2)cc1Cl. The fraction of sp³-hybridized carbons (Fsp3) is 0.389. The lowest BCUT2D eigenvalue weighted by molar-refractivity contribution is 0.244. The van der Waals surface area contributed by atoms with Crippen molar-refractivity contribution >= 4 is 35.0 Å². The molecule has 0 radical (unpaired) electrons. The van der Waals surface area contributed by atoms with Crippen molar-refractivity contribution in [3.8, 4) is 5.75 Å². The van der Waals surface area contributed by atoms with E-state index in [4.69, 9.17) is 16.3 Å². The van der Waals surface area contributed by atoms with Crippen LogP contribution in [0.1, 0.15) is 32.1 Å². The van der Waals surface area contributed by atoms with Gasteiger partial charge in [0.05, 0.1) is 12.1 Å². The monoisotopic (exact) mass is 375 g/mol. The Kier molecular flexibility index (Phi) is 6.12. The molecular formula is C18H22ClN5O2. The van der Waals surface area contributed by atoms with E-state index in [1.807, 2.05) is 6.07 Å². The maximum atomic E-state index is 12.0. The van der Waals surface area contributed by atoms with Crippen molar-refractivity contribution in [2.45, 2.75) is 38.1 Å². The molecule has 0 spiro atoms. The number of carbonyl (C=O) groups is 1. The van der Waals surface area contributed by atoms with Crippen molar-refractivity contribution in [1.82, 2.24) is 15.5 Å². The molecule has 1 aliphatic rings. The van der Waals surface area contributed by atoms with Crippen molar-refractivity contribution in [1.29, 1.82) is 0 Å². The summed E-state index contributed by atoms with van der Waals surface area (Å²) in [4.78, 5) is 12.0. The van der Waals surface area contributed by atoms with Gasteiger partial charge in [-0.05, 0) is 43.2 Å². The summed E-state index contributed by atoms with van der Waals surface area (Å²) in [6.45, 7) is 0. The third-order valence-corrected chi connectivity index (χ3v) is 4.57. The summed E-state index contributed by atoms with van der Waals surface area (Å²) in [7, 11) is 1.57. The Balaban J connectivity index is 1.54. The lowest BCUT2D eigenvalue weighted by Gasteiger charge is -2.22. The van der Waals surface area contributed by atoms with E-state index in [-0.39, 0.29) is 12.1 Å². The maximum Gasteiger partial charge on any atom is 0.320 e. The number of anilines is 3. The molecule has 1 aromatic heterocycles. The van der Waals surface area contributed by atoms with Crippen LogP contribution in [0.25, 0.3) is 0 Å². The van der Waals surface area contributed by atoms with E-state index < -0.39 is 0 Å². The summed E-state index contributed by atoms with van der Waals surface area (Å²) in [5, 5.41) is 17.4. The predicted molar refractivity (Wildman–Crippen MR) is 102 cm³/mol. The zero-order chi connectivity index (χ0) is 18.4. The molecule has 1 aliphatic carbocycles. The fourth-order valence-corrected chi connectivity index (χ4v) is 3.20. The first-order valence-electron chi connectivity index (χ1n) is 8.66. The van der Waals surface area contributed by atoms with Crippen molar-refractivity contribution < 1.29 is 9.53 Å². The number of halogens is 1. The highest BCUT2D eigenvalue weighted by atomic mass is 35.5. The molecule has 0 saturated heterocycles. The second-order valence-electron chi connectivity index (χ2n) is 6.21. The largest absolute Gasteiger partial charge is 0.495 e. The van der Waals surface area contributed by atoms with Crippen LogP contribution in [0.5, 0.6) is 5.75 Å². The van der Waals surface area contributed by atoms with Crippen LogP contribution in [0, 0.1) is 0 Å². The number of ether oxygens (including phenoxy) is 1. The average molecular weight is 376 g/mol. The Bertz CT molecular complexity index is 748. The minimum Gasteiger partial charge on any atom is -0.495 e. The highest BCUT2D eigenvalue weighted by Crippen LogP contribution is 2.28. The van der Waals surface area contributed by atoms with Gasteiger partial charge in [0.15, 0.2) is 11.6 Å². The topological polar surface area (TPSA) is 88.2 Å². The van der Waals surface area contributed by atoms with Gasteiger partial charge in [-0.15, -0.1) is 10.2 Å². The number of nitrogens with one attached hydrogen (secondary N) is 3. The minimum absolute atomic E-state index is 0.242. The summed E-state index contributed by atoms with van der Waals surface area (Å²) >= 11 is 6.10. The Morgan fingerprint density at radius 3 is 2.50 bits per heavy atom. The van der Waals surface area contributed by atoms with Gasteiger partial charge < -0.3 is 15.4 Å². The van der Waals surface area contributed by atoms with E-state index in [2.05, 4.69) is 26.1 Å². The van der Waals surface area contributed by atoms with Gasteiger partial charge in [-0.3, -0.25) is 5.32 Å².